The lowest BCUT2D eigenvalue weighted by atomic mass is 9.88. The van der Waals surface area contributed by atoms with E-state index < -0.39 is 0 Å². The van der Waals surface area contributed by atoms with E-state index in [4.69, 9.17) is 0 Å². The van der Waals surface area contributed by atoms with E-state index in [1.807, 2.05) is 0 Å². The molecule has 2 atom stereocenters. The maximum Gasteiger partial charge on any atom is 0.242 e. The molecule has 1 N–H and O–H groups in total. The van der Waals surface area contributed by atoms with Gasteiger partial charge in [-0.3, -0.25) is 4.79 Å². The highest BCUT2D eigenvalue weighted by Gasteiger charge is 2.38. The highest BCUT2D eigenvalue weighted by atomic mass is 35.5. The van der Waals surface area contributed by atoms with Gasteiger partial charge in [0.15, 0.2) is 0 Å². The quantitative estimate of drug-likeness (QED) is 0.784. The van der Waals surface area contributed by atoms with Gasteiger partial charge in [-0.15, -0.1) is 12.4 Å². The second-order valence-corrected chi connectivity index (χ2v) is 5.71. The molecular formula is C13H25ClN2O. The fourth-order valence-corrected chi connectivity index (χ4v) is 2.96. The summed E-state index contributed by atoms with van der Waals surface area (Å²) in [5.74, 6) is 1.00. The third-order valence-corrected chi connectivity index (χ3v) is 4.03. The summed E-state index contributed by atoms with van der Waals surface area (Å²) in [5, 5.41) is 3.42. The van der Waals surface area contributed by atoms with E-state index in [1.165, 1.54) is 25.7 Å². The summed E-state index contributed by atoms with van der Waals surface area (Å²) in [6.45, 7) is 7.23. The summed E-state index contributed by atoms with van der Waals surface area (Å²) in [6.07, 6.45) is 5.82. The molecule has 0 aromatic carbocycles. The van der Waals surface area contributed by atoms with Gasteiger partial charge >= 0.3 is 0 Å². The fraction of sp³-hybridized carbons (Fsp3) is 0.923. The first kappa shape index (κ1) is 14.8. The zero-order chi connectivity index (χ0) is 11.6. The molecular weight excluding hydrogens is 236 g/mol. The fourth-order valence-electron chi connectivity index (χ4n) is 2.96. The van der Waals surface area contributed by atoms with Crippen LogP contribution in [0.2, 0.25) is 0 Å². The van der Waals surface area contributed by atoms with Gasteiger partial charge < -0.3 is 10.2 Å². The first-order chi connectivity index (χ1) is 7.62. The summed E-state index contributed by atoms with van der Waals surface area (Å²) < 4.78 is 0. The lowest BCUT2D eigenvalue weighted by molar-refractivity contribution is -0.140. The predicted octanol–water partition coefficient (Wildman–Crippen LogP) is 2.20. The van der Waals surface area contributed by atoms with E-state index in [-0.39, 0.29) is 17.9 Å². The molecule has 0 aromatic heterocycles. The van der Waals surface area contributed by atoms with Crippen molar-refractivity contribution in [3.8, 4) is 0 Å². The van der Waals surface area contributed by atoms with Crippen molar-refractivity contribution >= 4 is 18.3 Å². The number of piperidine rings is 2. The monoisotopic (exact) mass is 260 g/mol. The number of rotatable bonds is 1. The van der Waals surface area contributed by atoms with Gasteiger partial charge in [0.05, 0.1) is 5.54 Å². The van der Waals surface area contributed by atoms with Crippen LogP contribution in [0.15, 0.2) is 0 Å². The molecule has 4 heteroatoms. The van der Waals surface area contributed by atoms with E-state index in [2.05, 4.69) is 24.1 Å². The minimum absolute atomic E-state index is 0. The summed E-state index contributed by atoms with van der Waals surface area (Å²) >= 11 is 0. The van der Waals surface area contributed by atoms with Crippen LogP contribution >= 0.6 is 12.4 Å². The van der Waals surface area contributed by atoms with Crippen molar-refractivity contribution in [2.75, 3.05) is 19.6 Å². The van der Waals surface area contributed by atoms with E-state index >= 15 is 0 Å². The summed E-state index contributed by atoms with van der Waals surface area (Å²) in [5.41, 5.74) is -0.282. The molecule has 2 rings (SSSR count). The molecule has 0 bridgehead atoms. The Morgan fingerprint density at radius 2 is 2.12 bits per heavy atom. The second-order valence-electron chi connectivity index (χ2n) is 5.71. The highest BCUT2D eigenvalue weighted by Crippen LogP contribution is 2.24. The molecule has 0 aliphatic carbocycles. The number of nitrogens with one attached hydrogen (secondary N) is 1. The molecule has 0 radical (unpaired) electrons. The van der Waals surface area contributed by atoms with E-state index in [9.17, 15) is 4.79 Å². The molecule has 2 saturated heterocycles. The second kappa shape index (κ2) is 6.05. The minimum Gasteiger partial charge on any atom is -0.341 e. The Bertz CT molecular complexity index is 264. The average molecular weight is 261 g/mol. The van der Waals surface area contributed by atoms with Crippen LogP contribution in [0.25, 0.3) is 0 Å². The first-order valence-corrected chi connectivity index (χ1v) is 6.66. The topological polar surface area (TPSA) is 32.3 Å². The zero-order valence-corrected chi connectivity index (χ0v) is 11.8. The molecule has 2 heterocycles. The van der Waals surface area contributed by atoms with Gasteiger partial charge in [-0.1, -0.05) is 6.92 Å². The summed E-state index contributed by atoms with van der Waals surface area (Å²) in [6, 6.07) is 0. The van der Waals surface area contributed by atoms with Crippen molar-refractivity contribution in [1.29, 1.82) is 0 Å². The lowest BCUT2D eigenvalue weighted by Gasteiger charge is -2.40. The maximum absolute atomic E-state index is 12.5. The number of amides is 1. The Morgan fingerprint density at radius 1 is 1.35 bits per heavy atom. The smallest absolute Gasteiger partial charge is 0.242 e. The minimum atomic E-state index is -0.282. The molecule has 2 fully saturated rings. The lowest BCUT2D eigenvalue weighted by Crippen LogP contribution is -2.59. The molecule has 1 amide bonds. The van der Waals surface area contributed by atoms with Gasteiger partial charge in [0.1, 0.15) is 0 Å². The van der Waals surface area contributed by atoms with Gasteiger partial charge in [-0.25, -0.2) is 0 Å². The Labute approximate surface area is 111 Å². The molecule has 0 spiro atoms. The summed E-state index contributed by atoms with van der Waals surface area (Å²) in [4.78, 5) is 14.6. The van der Waals surface area contributed by atoms with E-state index in [0.717, 1.165) is 26.1 Å². The van der Waals surface area contributed by atoms with Crippen LogP contribution in [0.3, 0.4) is 0 Å². The summed E-state index contributed by atoms with van der Waals surface area (Å²) in [7, 11) is 0. The standard InChI is InChI=1S/C13H24N2O.ClH/c1-11-6-5-9-15(10-11)12(16)13(2)7-3-4-8-14-13;/h11,14H,3-10H2,1-2H3;1H. The van der Waals surface area contributed by atoms with Crippen molar-refractivity contribution in [3.63, 3.8) is 0 Å². The van der Waals surface area contributed by atoms with Crippen LogP contribution in [-0.2, 0) is 4.79 Å². The highest BCUT2D eigenvalue weighted by molar-refractivity contribution is 5.86. The van der Waals surface area contributed by atoms with Gasteiger partial charge in [-0.05, 0) is 51.5 Å². The number of nitrogens with zero attached hydrogens (tertiary/aromatic N) is 1. The molecule has 2 unspecified atom stereocenters. The number of carbonyl (C=O) groups excluding carboxylic acids is 1. The largest absolute Gasteiger partial charge is 0.341 e. The Kier molecular flexibility index (Phi) is 5.26. The maximum atomic E-state index is 12.5. The van der Waals surface area contributed by atoms with Crippen molar-refractivity contribution < 1.29 is 4.79 Å². The number of hydrogen-bond donors (Lipinski definition) is 1. The van der Waals surface area contributed by atoms with E-state index in [0.29, 0.717) is 11.8 Å². The van der Waals surface area contributed by atoms with Gasteiger partial charge in [0.2, 0.25) is 5.91 Å². The third kappa shape index (κ3) is 3.35. The van der Waals surface area contributed by atoms with Crippen molar-refractivity contribution in [1.82, 2.24) is 10.2 Å². The van der Waals surface area contributed by atoms with E-state index in [1.54, 1.807) is 0 Å². The van der Waals surface area contributed by atoms with Crippen molar-refractivity contribution in [2.45, 2.75) is 51.5 Å². The Morgan fingerprint density at radius 3 is 2.71 bits per heavy atom. The van der Waals surface area contributed by atoms with Gasteiger partial charge in [-0.2, -0.15) is 0 Å². The third-order valence-electron chi connectivity index (χ3n) is 4.03. The van der Waals surface area contributed by atoms with Crippen LogP contribution in [0.1, 0.15) is 46.0 Å². The normalized spacial score (nSPS) is 34.0. The van der Waals surface area contributed by atoms with Crippen LogP contribution in [-0.4, -0.2) is 36.0 Å². The SMILES string of the molecule is CC1CCCN(C(=O)C2(C)CCCCN2)C1.Cl. The molecule has 3 nitrogen and oxygen atoms in total. The number of hydrogen-bond acceptors (Lipinski definition) is 2. The van der Waals surface area contributed by atoms with Crippen LogP contribution < -0.4 is 5.32 Å². The molecule has 2 aliphatic heterocycles. The van der Waals surface area contributed by atoms with Gasteiger partial charge in [0, 0.05) is 13.1 Å². The Balaban J connectivity index is 0.00000144. The van der Waals surface area contributed by atoms with Crippen LogP contribution in [0.4, 0.5) is 0 Å². The molecule has 17 heavy (non-hydrogen) atoms. The van der Waals surface area contributed by atoms with Crippen molar-refractivity contribution in [3.05, 3.63) is 0 Å². The zero-order valence-electron chi connectivity index (χ0n) is 11.0. The predicted molar refractivity (Wildman–Crippen MR) is 72.5 cm³/mol. The molecule has 0 aromatic rings. The molecule has 100 valence electrons. The van der Waals surface area contributed by atoms with Gasteiger partial charge in [0.25, 0.3) is 0 Å². The van der Waals surface area contributed by atoms with Crippen LogP contribution in [0, 0.1) is 5.92 Å². The van der Waals surface area contributed by atoms with Crippen LogP contribution in [0.5, 0.6) is 0 Å². The molecule has 0 saturated carbocycles. The average Bonchev–Trinajstić information content (AvgIpc) is 2.29. The number of likely N-dealkylation sites (tertiary alicyclic amines) is 1. The van der Waals surface area contributed by atoms with Crippen molar-refractivity contribution in [2.24, 2.45) is 5.92 Å². The number of halogens is 1. The molecule has 2 aliphatic rings. The first-order valence-electron chi connectivity index (χ1n) is 6.66. The Hall–Kier alpha value is -0.280. The number of carbonyl (C=O) groups is 1.